The van der Waals surface area contributed by atoms with Gasteiger partial charge in [0.15, 0.2) is 11.4 Å². The number of aliphatic hydroxyl groups excluding tert-OH is 2. The first kappa shape index (κ1) is 63.5. The van der Waals surface area contributed by atoms with E-state index in [1.165, 1.54) is 26.0 Å². The Morgan fingerprint density at radius 3 is 1.85 bits per heavy atom. The van der Waals surface area contributed by atoms with Gasteiger partial charge in [0.25, 0.3) is 0 Å². The van der Waals surface area contributed by atoms with Gasteiger partial charge in [-0.05, 0) is 108 Å². The third-order valence-corrected chi connectivity index (χ3v) is 15.9. The summed E-state index contributed by atoms with van der Waals surface area (Å²) >= 11 is 0. The first-order chi connectivity index (χ1) is 38.4. The SMILES string of the molecule is CC/C=C\C/C=C\C/C=C\C/C=C\C/C=C\C/C=C\CCC(=O)O[C@@H](C(=O)O[C@H]1C[C@@]2(O)C(OC(=O)c3ccccc3)C3[C@](C)(C(=O)[C@H](O)C(=C1C)C2(C)C)[C@@H](O)C[C@H]1OC[C@@]31OC(C)=O)[C@@H](NC(=O)OC(C)(C)C)c1ccccc1. The molecule has 4 aliphatic rings. The number of ketones is 1. The Bertz CT molecular complexity index is 2750. The van der Waals surface area contributed by atoms with Crippen LogP contribution in [0.4, 0.5) is 4.79 Å². The predicted octanol–water partition coefficient (Wildman–Crippen LogP) is 10.3. The van der Waals surface area contributed by atoms with E-state index in [4.69, 9.17) is 28.4 Å². The maximum absolute atomic E-state index is 15.3. The Morgan fingerprint density at radius 1 is 0.790 bits per heavy atom. The lowest BCUT2D eigenvalue weighted by Gasteiger charge is -2.67. The third kappa shape index (κ3) is 14.9. The van der Waals surface area contributed by atoms with Crippen LogP contribution in [0.15, 0.2) is 145 Å². The van der Waals surface area contributed by atoms with Crippen molar-refractivity contribution in [3.8, 4) is 0 Å². The van der Waals surface area contributed by atoms with Gasteiger partial charge >= 0.3 is 30.0 Å². The number of ether oxygens (including phenoxy) is 6. The molecule has 0 radical (unpaired) electrons. The van der Waals surface area contributed by atoms with Crippen LogP contribution in [0.3, 0.4) is 0 Å². The number of carbonyl (C=O) groups excluding carboxylic acids is 6. The van der Waals surface area contributed by atoms with Gasteiger partial charge in [0.05, 0.1) is 29.6 Å². The van der Waals surface area contributed by atoms with Crippen molar-refractivity contribution < 1.29 is 72.5 Å². The number of rotatable bonds is 23. The van der Waals surface area contributed by atoms with E-state index in [0.29, 0.717) is 12.0 Å². The smallest absolute Gasteiger partial charge is 0.408 e. The number of alkyl carbamates (subject to hydrolysis) is 1. The van der Waals surface area contributed by atoms with E-state index in [1.807, 2.05) is 18.2 Å². The topological polar surface area (TPSA) is 231 Å². The summed E-state index contributed by atoms with van der Waals surface area (Å²) in [6.45, 7) is 14.0. The Labute approximate surface area is 477 Å². The molecule has 4 N–H and O–H groups in total. The second-order valence-electron chi connectivity index (χ2n) is 23.0. The minimum atomic E-state index is -2.42. The van der Waals surface area contributed by atoms with Crippen molar-refractivity contribution in [2.24, 2.45) is 16.7 Å². The lowest BCUT2D eigenvalue weighted by atomic mass is 9.44. The Morgan fingerprint density at radius 2 is 1.33 bits per heavy atom. The van der Waals surface area contributed by atoms with E-state index in [2.05, 4.69) is 66.9 Å². The summed E-state index contributed by atoms with van der Waals surface area (Å²) in [7, 11) is 0. The van der Waals surface area contributed by atoms with Crippen LogP contribution in [0.5, 0.6) is 0 Å². The summed E-state index contributed by atoms with van der Waals surface area (Å²) < 4.78 is 36.5. The number of esters is 4. The fourth-order valence-corrected chi connectivity index (χ4v) is 11.7. The highest BCUT2D eigenvalue weighted by Crippen LogP contribution is 2.64. The summed E-state index contributed by atoms with van der Waals surface area (Å²) in [5.41, 5.74) is -8.49. The van der Waals surface area contributed by atoms with Crippen LogP contribution in [0, 0.1) is 16.7 Å². The van der Waals surface area contributed by atoms with Gasteiger partial charge in [-0.1, -0.05) is 142 Å². The zero-order valence-corrected chi connectivity index (χ0v) is 48.3. The highest BCUT2D eigenvalue weighted by Gasteiger charge is 2.78. The highest BCUT2D eigenvalue weighted by molar-refractivity contribution is 5.94. The van der Waals surface area contributed by atoms with E-state index in [0.717, 1.165) is 39.0 Å². The van der Waals surface area contributed by atoms with Crippen LogP contribution < -0.4 is 5.32 Å². The number of allylic oxidation sites excluding steroid dienone is 12. The molecule has 81 heavy (non-hydrogen) atoms. The molecule has 2 saturated carbocycles. The summed E-state index contributed by atoms with van der Waals surface area (Å²) in [6, 6.07) is 14.7. The van der Waals surface area contributed by atoms with Gasteiger partial charge < -0.3 is 49.1 Å². The van der Waals surface area contributed by atoms with Crippen LogP contribution in [0.25, 0.3) is 0 Å². The maximum atomic E-state index is 15.3. The molecule has 0 spiro atoms. The second kappa shape index (κ2) is 27.8. The molecular formula is C65H83NO15. The van der Waals surface area contributed by atoms with Crippen LogP contribution >= 0.6 is 0 Å². The average molecular weight is 1120 g/mol. The number of nitrogens with one attached hydrogen (secondary N) is 1. The molecule has 1 amide bonds. The van der Waals surface area contributed by atoms with E-state index < -0.39 is 118 Å². The predicted molar refractivity (Wildman–Crippen MR) is 305 cm³/mol. The van der Waals surface area contributed by atoms with E-state index >= 15 is 9.59 Å². The number of aliphatic hydroxyl groups is 3. The quantitative estimate of drug-likeness (QED) is 0.0461. The minimum absolute atomic E-state index is 0.0639. The zero-order valence-electron chi connectivity index (χ0n) is 48.3. The summed E-state index contributed by atoms with van der Waals surface area (Å²) in [6.07, 6.45) is 18.4. The number of hydrogen-bond donors (Lipinski definition) is 4. The maximum Gasteiger partial charge on any atom is 0.408 e. The molecule has 438 valence electrons. The molecule has 2 aromatic carbocycles. The van der Waals surface area contributed by atoms with Gasteiger partial charge in [-0.3, -0.25) is 14.4 Å². The van der Waals surface area contributed by atoms with Crippen molar-refractivity contribution in [3.63, 3.8) is 0 Å². The summed E-state index contributed by atoms with van der Waals surface area (Å²) in [4.78, 5) is 85.6. The first-order valence-corrected chi connectivity index (χ1v) is 28.2. The van der Waals surface area contributed by atoms with E-state index in [-0.39, 0.29) is 42.6 Å². The van der Waals surface area contributed by atoms with Gasteiger partial charge in [0.1, 0.15) is 41.7 Å². The van der Waals surface area contributed by atoms with Gasteiger partial charge in [-0.15, -0.1) is 0 Å². The van der Waals surface area contributed by atoms with E-state index in [1.54, 1.807) is 83.1 Å². The van der Waals surface area contributed by atoms with E-state index in [9.17, 15) is 34.5 Å². The number of carbonyl (C=O) groups is 6. The number of hydrogen-bond acceptors (Lipinski definition) is 15. The Hall–Kier alpha value is -6.72. The molecule has 2 aromatic rings. The molecule has 2 unspecified atom stereocenters. The highest BCUT2D eigenvalue weighted by atomic mass is 16.6. The number of amides is 1. The monoisotopic (exact) mass is 1120 g/mol. The Balaban J connectivity index is 1.30. The molecule has 1 aliphatic heterocycles. The molecule has 11 atom stereocenters. The van der Waals surface area contributed by atoms with Crippen molar-refractivity contribution >= 4 is 35.8 Å². The number of Topliss-reactive ketones (excluding diaryl/α,β-unsaturated/α-hetero) is 1. The largest absolute Gasteiger partial charge is 0.455 e. The molecule has 6 rings (SSSR count). The first-order valence-electron chi connectivity index (χ1n) is 28.2. The standard InChI is InChI=1S/C65H83NO15/c1-10-11-12-13-14-15-16-17-18-19-20-21-22-23-24-25-26-27-34-39-50(69)78-54(52(45-35-30-28-31-36-45)66-60(74)81-61(4,5)6)59(73)77-47-41-65(75)57(79-58(72)46-37-32-29-33-38-46)55-63(9,56(71)53(70)51(43(47)2)62(65,7)8)48(68)40-49-64(55,42-76-49)80-44(3)67/h11-12,14-15,17-18,20-21,23-24,26-33,35-38,47-49,52-55,57,68,70,75H,10,13,16,19,22,25,34,39-42H2,1-9H3,(H,66,74)/b12-11-,15-14-,18-17-,21-20-,24-23-,27-26-/t47-,48-,49+,52-,53+,54+,55?,57?,63+,64-,65+/m0/s1. The minimum Gasteiger partial charge on any atom is -0.455 e. The molecule has 3 fully saturated rings. The normalized spacial score (nSPS) is 28.0. The molecule has 0 aromatic heterocycles. The molecule has 16 heteroatoms. The number of fused-ring (bicyclic) bond motifs is 5. The molecule has 2 bridgehead atoms. The summed E-state index contributed by atoms with van der Waals surface area (Å²) in [5, 5.41) is 41.1. The van der Waals surface area contributed by atoms with Crippen molar-refractivity contribution in [1.29, 1.82) is 0 Å². The van der Waals surface area contributed by atoms with Crippen LogP contribution in [-0.2, 0) is 47.6 Å². The average Bonchev–Trinajstić information content (AvgIpc) is 1.11. The van der Waals surface area contributed by atoms with Gasteiger partial charge in [-0.2, -0.15) is 0 Å². The van der Waals surface area contributed by atoms with Crippen molar-refractivity contribution in [3.05, 3.63) is 156 Å². The third-order valence-electron chi connectivity index (χ3n) is 15.9. The van der Waals surface area contributed by atoms with Crippen LogP contribution in [0.1, 0.15) is 148 Å². The van der Waals surface area contributed by atoms with Gasteiger partial charge in [-0.25, -0.2) is 14.4 Å². The number of benzene rings is 2. The lowest BCUT2D eigenvalue weighted by molar-refractivity contribution is -0.346. The lowest BCUT2D eigenvalue weighted by Crippen LogP contribution is -2.81. The molecule has 3 aliphatic carbocycles. The van der Waals surface area contributed by atoms with Crippen LogP contribution in [0.2, 0.25) is 0 Å². The van der Waals surface area contributed by atoms with Crippen molar-refractivity contribution in [2.45, 2.75) is 186 Å². The van der Waals surface area contributed by atoms with Crippen LogP contribution in [-0.4, -0.2) is 111 Å². The summed E-state index contributed by atoms with van der Waals surface area (Å²) in [5.74, 6) is -6.23. The molecular weight excluding hydrogens is 1030 g/mol. The molecule has 1 heterocycles. The fourth-order valence-electron chi connectivity index (χ4n) is 11.7. The second-order valence-corrected chi connectivity index (χ2v) is 23.0. The fraction of sp³-hybridized carbons (Fsp3) is 0.508. The molecule has 16 nitrogen and oxygen atoms in total. The van der Waals surface area contributed by atoms with Crippen molar-refractivity contribution in [1.82, 2.24) is 5.32 Å². The molecule has 1 saturated heterocycles. The Kier molecular flexibility index (Phi) is 21.8. The van der Waals surface area contributed by atoms with Gasteiger partial charge in [0.2, 0.25) is 6.10 Å². The van der Waals surface area contributed by atoms with Crippen molar-refractivity contribution in [2.75, 3.05) is 6.61 Å². The zero-order chi connectivity index (χ0) is 59.2. The van der Waals surface area contributed by atoms with Gasteiger partial charge in [0, 0.05) is 31.6 Å².